The molecule has 0 bridgehead atoms. The standard InChI is InChI=1S/C14H10N4O10S/c19-15(20)13(16(21)22,11-7-3-1-4-8-11)29(27,28)14(17(23)24,18(25)26)12-9-5-2-6-10-12/h1-10H. The van der Waals surface area contributed by atoms with Crippen molar-refractivity contribution in [3.8, 4) is 0 Å². The van der Waals surface area contributed by atoms with Crippen molar-refractivity contribution in [1.29, 1.82) is 0 Å². The Morgan fingerprint density at radius 3 is 1.00 bits per heavy atom. The fourth-order valence-corrected chi connectivity index (χ4v) is 4.84. The number of nitrogens with zero attached hydrogens (tertiary/aromatic N) is 4. The number of nitro groups is 4. The summed E-state index contributed by atoms with van der Waals surface area (Å²) in [5.74, 6) is 0. The number of benzene rings is 2. The van der Waals surface area contributed by atoms with Crippen molar-refractivity contribution < 1.29 is 28.1 Å². The van der Waals surface area contributed by atoms with Crippen LogP contribution < -0.4 is 0 Å². The molecule has 0 fully saturated rings. The van der Waals surface area contributed by atoms with Crippen molar-refractivity contribution in [1.82, 2.24) is 0 Å². The average molecular weight is 426 g/mol. The lowest BCUT2D eigenvalue weighted by Crippen LogP contribution is -2.62. The zero-order valence-electron chi connectivity index (χ0n) is 14.1. The highest BCUT2D eigenvalue weighted by Gasteiger charge is 2.88. The van der Waals surface area contributed by atoms with Gasteiger partial charge < -0.3 is 0 Å². The molecule has 0 atom stereocenters. The molecule has 0 unspecified atom stereocenters. The van der Waals surface area contributed by atoms with E-state index in [0.29, 0.717) is 24.3 Å². The van der Waals surface area contributed by atoms with E-state index in [4.69, 9.17) is 0 Å². The van der Waals surface area contributed by atoms with Crippen molar-refractivity contribution in [2.45, 2.75) is 9.99 Å². The Kier molecular flexibility index (Phi) is 5.28. The van der Waals surface area contributed by atoms with Crippen LogP contribution >= 0.6 is 0 Å². The Bertz CT molecular complexity index is 978. The molecule has 2 aromatic carbocycles. The first-order valence-electron chi connectivity index (χ1n) is 7.42. The Hall–Kier alpha value is -4.01. The highest BCUT2D eigenvalue weighted by Crippen LogP contribution is 2.45. The first-order chi connectivity index (χ1) is 13.5. The van der Waals surface area contributed by atoms with Gasteiger partial charge in [-0.1, -0.05) is 36.4 Å². The molecule has 29 heavy (non-hydrogen) atoms. The number of hydrogen-bond donors (Lipinski definition) is 0. The van der Waals surface area contributed by atoms with Crippen LogP contribution in [0, 0.1) is 40.5 Å². The topological polar surface area (TPSA) is 207 Å². The van der Waals surface area contributed by atoms with Gasteiger partial charge >= 0.3 is 19.8 Å². The van der Waals surface area contributed by atoms with E-state index in [-0.39, 0.29) is 0 Å². The van der Waals surface area contributed by atoms with Gasteiger partial charge in [0.15, 0.2) is 0 Å². The molecule has 0 amide bonds. The fourth-order valence-electron chi connectivity index (χ4n) is 2.77. The van der Waals surface area contributed by atoms with E-state index in [2.05, 4.69) is 0 Å². The van der Waals surface area contributed by atoms with Crippen LogP contribution in [0.15, 0.2) is 60.7 Å². The summed E-state index contributed by atoms with van der Waals surface area (Å²) in [6, 6.07) is 9.18. The summed E-state index contributed by atoms with van der Waals surface area (Å²) in [5, 5.41) is 47.1. The lowest BCUT2D eigenvalue weighted by atomic mass is 10.1. The van der Waals surface area contributed by atoms with E-state index < -0.39 is 50.6 Å². The molecule has 0 aliphatic heterocycles. The zero-order valence-corrected chi connectivity index (χ0v) is 14.9. The maximum Gasteiger partial charge on any atom is 0.596 e. The van der Waals surface area contributed by atoms with Gasteiger partial charge in [0.1, 0.15) is 30.8 Å². The van der Waals surface area contributed by atoms with Crippen LogP contribution in [0.3, 0.4) is 0 Å². The SMILES string of the molecule is O=[N+]([O-])C(c1ccccc1)([N+](=O)[O-])S(=O)(=O)C(c1ccccc1)([N+](=O)[O-])[N+](=O)[O-]. The molecule has 0 heterocycles. The van der Waals surface area contributed by atoms with E-state index in [9.17, 15) is 48.9 Å². The van der Waals surface area contributed by atoms with Gasteiger partial charge in [0, 0.05) is 0 Å². The van der Waals surface area contributed by atoms with Crippen molar-refractivity contribution in [2.75, 3.05) is 0 Å². The van der Waals surface area contributed by atoms with Gasteiger partial charge in [-0.05, 0) is 24.3 Å². The number of sulfone groups is 1. The lowest BCUT2D eigenvalue weighted by Gasteiger charge is -2.22. The second-order valence-corrected chi connectivity index (χ2v) is 7.63. The van der Waals surface area contributed by atoms with Gasteiger partial charge in [0.25, 0.3) is 0 Å². The summed E-state index contributed by atoms with van der Waals surface area (Å²) in [6.45, 7) is 0. The van der Waals surface area contributed by atoms with Gasteiger partial charge in [0.05, 0.1) is 0 Å². The second kappa shape index (κ2) is 7.19. The van der Waals surface area contributed by atoms with E-state index in [1.807, 2.05) is 0 Å². The molecule has 14 nitrogen and oxygen atoms in total. The summed E-state index contributed by atoms with van der Waals surface area (Å²) >= 11 is 0. The first kappa shape index (κ1) is 21.3. The Morgan fingerprint density at radius 2 is 0.793 bits per heavy atom. The summed E-state index contributed by atoms with van der Waals surface area (Å²) < 4.78 is 26.5. The summed E-state index contributed by atoms with van der Waals surface area (Å²) in [6.07, 6.45) is 0. The minimum atomic E-state index is -6.49. The van der Waals surface area contributed by atoms with Gasteiger partial charge in [0.2, 0.25) is 0 Å². The number of rotatable bonds is 8. The minimum Gasteiger partial charge on any atom is -0.257 e. The maximum absolute atomic E-state index is 13.3. The van der Waals surface area contributed by atoms with E-state index in [1.54, 1.807) is 0 Å². The molecule has 15 heteroatoms. The largest absolute Gasteiger partial charge is 0.596 e. The fraction of sp³-hybridized carbons (Fsp3) is 0.143. The van der Waals surface area contributed by atoms with Crippen LogP contribution in [-0.4, -0.2) is 28.1 Å². The summed E-state index contributed by atoms with van der Waals surface area (Å²) in [4.78, 5) is 30.6. The summed E-state index contributed by atoms with van der Waals surface area (Å²) in [7, 11) is -6.49. The Labute approximate surface area is 160 Å². The third-order valence-electron chi connectivity index (χ3n) is 4.04. The van der Waals surface area contributed by atoms with E-state index in [0.717, 1.165) is 24.3 Å². The third kappa shape index (κ3) is 2.66. The smallest absolute Gasteiger partial charge is 0.257 e. The van der Waals surface area contributed by atoms with Crippen molar-refractivity contribution in [3.05, 3.63) is 112 Å². The lowest BCUT2D eigenvalue weighted by molar-refractivity contribution is -0.798. The molecule has 0 spiro atoms. The predicted octanol–water partition coefficient (Wildman–Crippen LogP) is 1.13. The monoisotopic (exact) mass is 426 g/mol. The predicted molar refractivity (Wildman–Crippen MR) is 93.1 cm³/mol. The third-order valence-corrected chi connectivity index (χ3v) is 6.61. The normalized spacial score (nSPS) is 12.1. The van der Waals surface area contributed by atoms with Crippen LogP contribution in [-0.2, 0) is 19.8 Å². The first-order valence-corrected chi connectivity index (χ1v) is 8.90. The molecule has 152 valence electrons. The molecule has 0 radical (unpaired) electrons. The minimum absolute atomic E-state index is 0.665. The zero-order chi connectivity index (χ0) is 22.0. The molecule has 2 aromatic rings. The molecule has 0 aromatic heterocycles. The van der Waals surface area contributed by atoms with Crippen molar-refractivity contribution >= 4 is 9.84 Å². The highest BCUT2D eigenvalue weighted by atomic mass is 32.2. The molecular formula is C14H10N4O10S. The second-order valence-electron chi connectivity index (χ2n) is 5.48. The Morgan fingerprint density at radius 1 is 0.552 bits per heavy atom. The molecule has 0 aliphatic carbocycles. The van der Waals surface area contributed by atoms with Gasteiger partial charge in [-0.3, -0.25) is 40.5 Å². The van der Waals surface area contributed by atoms with Crippen molar-refractivity contribution in [2.24, 2.45) is 0 Å². The van der Waals surface area contributed by atoms with Crippen LogP contribution in [0.4, 0.5) is 0 Å². The van der Waals surface area contributed by atoms with E-state index in [1.165, 1.54) is 12.1 Å². The molecule has 0 N–H and O–H groups in total. The van der Waals surface area contributed by atoms with Gasteiger partial charge in [-0.15, -0.1) is 0 Å². The highest BCUT2D eigenvalue weighted by molar-refractivity contribution is 7.92. The average Bonchev–Trinajstić information content (AvgIpc) is 2.62. The maximum atomic E-state index is 13.3. The van der Waals surface area contributed by atoms with Crippen LogP contribution in [0.2, 0.25) is 0 Å². The summed E-state index contributed by atoms with van der Waals surface area (Å²) in [5.41, 5.74) is -2.22. The van der Waals surface area contributed by atoms with Gasteiger partial charge in [-0.25, -0.2) is 0 Å². The molecule has 0 saturated carbocycles. The molecular weight excluding hydrogens is 416 g/mol. The quantitative estimate of drug-likeness (QED) is 0.334. The van der Waals surface area contributed by atoms with Crippen molar-refractivity contribution in [3.63, 3.8) is 0 Å². The van der Waals surface area contributed by atoms with Gasteiger partial charge in [-0.2, -0.15) is 8.42 Å². The molecule has 2 rings (SSSR count). The Balaban J connectivity index is 3.14. The number of hydrogen-bond acceptors (Lipinski definition) is 10. The van der Waals surface area contributed by atoms with Crippen LogP contribution in [0.1, 0.15) is 11.1 Å². The molecule has 0 aliphatic rings. The van der Waals surface area contributed by atoms with E-state index >= 15 is 0 Å². The molecule has 0 saturated heterocycles. The van der Waals surface area contributed by atoms with Crippen LogP contribution in [0.25, 0.3) is 0 Å². The van der Waals surface area contributed by atoms with Crippen LogP contribution in [0.5, 0.6) is 0 Å².